The van der Waals surface area contributed by atoms with E-state index in [9.17, 15) is 14.7 Å². The van der Waals surface area contributed by atoms with Crippen molar-refractivity contribution < 1.29 is 24.2 Å². The Labute approximate surface area is 514 Å². The summed E-state index contributed by atoms with van der Waals surface area (Å²) in [5.74, 6) is -0.705. The van der Waals surface area contributed by atoms with E-state index in [1.54, 1.807) is 0 Å². The minimum atomic E-state index is -0.833. The number of hydrogen-bond acceptors (Lipinski definition) is 5. The van der Waals surface area contributed by atoms with Gasteiger partial charge < -0.3 is 14.6 Å². The molecule has 1 N–H and O–H groups in total. The SMILES string of the molecule is CC/C=C\C/C=C\C/C=C\C/C=C\C/C=C\C/C=C\C/C=C\C/C=C\C/C=C\C/C=C\C/C=C\C/C=C\CCCCC(=O)OC(CO)COC(=O)CCCCC/C=C\C/C=C\C/C=C\C/C=C\C/C=C\C/C=C\C/C=C\C/C=C\C/C=C\CC. The summed E-state index contributed by atoms with van der Waals surface area (Å²) in [5, 5.41) is 9.67. The van der Waals surface area contributed by atoms with Crippen LogP contribution >= 0.6 is 0 Å². The molecule has 84 heavy (non-hydrogen) atoms. The van der Waals surface area contributed by atoms with Crippen molar-refractivity contribution in [3.8, 4) is 0 Å². The number of aliphatic hydroxyl groups excluding tert-OH is 1. The van der Waals surface area contributed by atoms with Gasteiger partial charge in [-0.05, 0) is 173 Å². The Bertz CT molecular complexity index is 2170. The van der Waals surface area contributed by atoms with Crippen LogP contribution in [0.3, 0.4) is 0 Å². The van der Waals surface area contributed by atoms with Crippen molar-refractivity contribution in [3.05, 3.63) is 255 Å². The third-order valence-corrected chi connectivity index (χ3v) is 12.3. The monoisotopic (exact) mass is 1140 g/mol. The second-order valence-electron chi connectivity index (χ2n) is 20.0. The fourth-order valence-corrected chi connectivity index (χ4v) is 7.59. The van der Waals surface area contributed by atoms with Crippen molar-refractivity contribution in [2.75, 3.05) is 13.2 Å². The quantitative estimate of drug-likeness (QED) is 0.0373. The van der Waals surface area contributed by atoms with Gasteiger partial charge in [-0.1, -0.05) is 275 Å². The summed E-state index contributed by atoms with van der Waals surface area (Å²) in [5.41, 5.74) is 0. The molecule has 5 nitrogen and oxygen atoms in total. The number of unbranched alkanes of at least 4 members (excludes halogenated alkanes) is 5. The molecule has 1 unspecified atom stereocenters. The van der Waals surface area contributed by atoms with Crippen molar-refractivity contribution in [3.63, 3.8) is 0 Å². The number of carbonyl (C=O) groups excluding carboxylic acids is 2. The lowest BCUT2D eigenvalue weighted by atomic mass is 10.1. The lowest BCUT2D eigenvalue weighted by Gasteiger charge is -2.15. The Hall–Kier alpha value is -6.56. The molecular formula is C79H114O5. The van der Waals surface area contributed by atoms with E-state index in [2.05, 4.69) is 269 Å². The summed E-state index contributed by atoms with van der Waals surface area (Å²) in [6.07, 6.45) is 120. The first kappa shape index (κ1) is 77.4. The smallest absolute Gasteiger partial charge is 0.306 e. The molecule has 0 spiro atoms. The zero-order chi connectivity index (χ0) is 60.5. The average molecular weight is 1140 g/mol. The van der Waals surface area contributed by atoms with Gasteiger partial charge in [0.2, 0.25) is 0 Å². The first-order valence-corrected chi connectivity index (χ1v) is 32.2. The van der Waals surface area contributed by atoms with Crippen LogP contribution in [-0.4, -0.2) is 36.4 Å². The highest BCUT2D eigenvalue weighted by atomic mass is 16.6. The van der Waals surface area contributed by atoms with Crippen LogP contribution in [0.2, 0.25) is 0 Å². The fraction of sp³-hybridized carbons (Fsp3) is 0.443. The summed E-state index contributed by atoms with van der Waals surface area (Å²) in [6.45, 7) is 3.82. The summed E-state index contributed by atoms with van der Waals surface area (Å²) in [4.78, 5) is 24.6. The highest BCUT2D eigenvalue weighted by Gasteiger charge is 2.16. The van der Waals surface area contributed by atoms with E-state index < -0.39 is 6.10 Å². The number of allylic oxidation sites excluding steroid dienone is 42. The molecule has 0 heterocycles. The lowest BCUT2D eigenvalue weighted by molar-refractivity contribution is -0.161. The molecule has 0 aliphatic heterocycles. The average Bonchev–Trinajstić information content (AvgIpc) is 3.51. The topological polar surface area (TPSA) is 72.8 Å². The van der Waals surface area contributed by atoms with Gasteiger partial charge in [0.05, 0.1) is 6.61 Å². The van der Waals surface area contributed by atoms with Crippen LogP contribution in [0.5, 0.6) is 0 Å². The van der Waals surface area contributed by atoms with Crippen LogP contribution in [0.15, 0.2) is 255 Å². The molecule has 0 aromatic carbocycles. The lowest BCUT2D eigenvalue weighted by Crippen LogP contribution is -2.28. The van der Waals surface area contributed by atoms with Crippen LogP contribution in [0.1, 0.15) is 206 Å². The van der Waals surface area contributed by atoms with Crippen LogP contribution in [-0.2, 0) is 19.1 Å². The fourth-order valence-electron chi connectivity index (χ4n) is 7.59. The van der Waals surface area contributed by atoms with Gasteiger partial charge in [-0.3, -0.25) is 9.59 Å². The van der Waals surface area contributed by atoms with E-state index in [0.717, 1.165) is 173 Å². The van der Waals surface area contributed by atoms with Crippen LogP contribution in [0.25, 0.3) is 0 Å². The van der Waals surface area contributed by atoms with Gasteiger partial charge in [0, 0.05) is 12.8 Å². The number of ether oxygens (including phenoxy) is 2. The Morgan fingerprint density at radius 1 is 0.274 bits per heavy atom. The maximum Gasteiger partial charge on any atom is 0.306 e. The molecule has 460 valence electrons. The molecule has 0 saturated heterocycles. The minimum Gasteiger partial charge on any atom is -0.462 e. The molecule has 0 radical (unpaired) electrons. The van der Waals surface area contributed by atoms with E-state index in [1.165, 1.54) is 0 Å². The van der Waals surface area contributed by atoms with Gasteiger partial charge in [-0.25, -0.2) is 0 Å². The van der Waals surface area contributed by atoms with E-state index in [-0.39, 0.29) is 31.6 Å². The molecule has 0 amide bonds. The number of hydrogen-bond donors (Lipinski definition) is 1. The number of carbonyl (C=O) groups is 2. The second kappa shape index (κ2) is 70.7. The van der Waals surface area contributed by atoms with Crippen molar-refractivity contribution in [2.24, 2.45) is 0 Å². The number of rotatable bonds is 55. The van der Waals surface area contributed by atoms with Crippen molar-refractivity contribution in [1.29, 1.82) is 0 Å². The maximum absolute atomic E-state index is 12.3. The highest BCUT2D eigenvalue weighted by molar-refractivity contribution is 5.70. The largest absolute Gasteiger partial charge is 0.462 e. The number of aliphatic hydroxyl groups is 1. The summed E-state index contributed by atoms with van der Waals surface area (Å²) >= 11 is 0. The Balaban J connectivity index is 3.77. The van der Waals surface area contributed by atoms with Gasteiger partial charge in [0.25, 0.3) is 0 Å². The Morgan fingerprint density at radius 2 is 0.476 bits per heavy atom. The Morgan fingerprint density at radius 3 is 0.714 bits per heavy atom. The molecule has 0 saturated carbocycles. The Kier molecular flexibility index (Phi) is 65.2. The van der Waals surface area contributed by atoms with E-state index in [4.69, 9.17) is 9.47 Å². The van der Waals surface area contributed by atoms with Gasteiger partial charge in [-0.15, -0.1) is 0 Å². The molecule has 0 aromatic rings. The normalized spacial score (nSPS) is 14.0. The first-order valence-electron chi connectivity index (χ1n) is 32.2. The summed E-state index contributed by atoms with van der Waals surface area (Å²) < 4.78 is 10.7. The number of esters is 2. The van der Waals surface area contributed by atoms with Gasteiger partial charge in [0.1, 0.15) is 6.61 Å². The molecule has 0 aliphatic carbocycles. The molecule has 5 heteroatoms. The molecule has 1 atom stereocenters. The van der Waals surface area contributed by atoms with Crippen molar-refractivity contribution >= 4 is 11.9 Å². The highest BCUT2D eigenvalue weighted by Crippen LogP contribution is 2.09. The van der Waals surface area contributed by atoms with Crippen LogP contribution in [0.4, 0.5) is 0 Å². The summed E-state index contributed by atoms with van der Waals surface area (Å²) in [6, 6.07) is 0. The van der Waals surface area contributed by atoms with Gasteiger partial charge in [-0.2, -0.15) is 0 Å². The molecular weight excluding hydrogens is 1030 g/mol. The molecule has 0 aliphatic rings. The zero-order valence-electron chi connectivity index (χ0n) is 52.5. The third kappa shape index (κ3) is 67.9. The molecule has 0 aromatic heterocycles. The molecule has 0 rings (SSSR count). The van der Waals surface area contributed by atoms with Crippen LogP contribution < -0.4 is 0 Å². The predicted octanol–water partition coefficient (Wildman–Crippen LogP) is 22.9. The van der Waals surface area contributed by atoms with Gasteiger partial charge >= 0.3 is 11.9 Å². The van der Waals surface area contributed by atoms with E-state index >= 15 is 0 Å². The molecule has 0 bridgehead atoms. The van der Waals surface area contributed by atoms with Crippen molar-refractivity contribution in [1.82, 2.24) is 0 Å². The minimum absolute atomic E-state index is 0.121. The summed E-state index contributed by atoms with van der Waals surface area (Å²) in [7, 11) is 0. The first-order chi connectivity index (χ1) is 41.6. The third-order valence-electron chi connectivity index (χ3n) is 12.3. The molecule has 0 fully saturated rings. The van der Waals surface area contributed by atoms with E-state index in [0.29, 0.717) is 12.8 Å². The van der Waals surface area contributed by atoms with Crippen molar-refractivity contribution in [2.45, 2.75) is 213 Å². The maximum atomic E-state index is 12.3. The second-order valence-corrected chi connectivity index (χ2v) is 20.0. The van der Waals surface area contributed by atoms with Crippen LogP contribution in [0, 0.1) is 0 Å². The zero-order valence-corrected chi connectivity index (χ0v) is 52.5. The standard InChI is InChI=1S/C79H114O5/c1-3-5-7-9-11-13-15-17-19-21-23-25-27-29-31-33-35-36-37-38-39-40-41-42-44-46-48-50-52-54-56-58-60-62-64-66-68-70-72-74-79(82)84-77(75-80)76-83-78(81)73-71-69-67-65-63-61-59-57-55-53-51-49-47-45-43-34-32-30-28-26-24-22-20-18-16-14-12-10-8-6-4-2/h5-8,11-14,17-20,23-26,29-32,35-36,38-39,41-43,45-46,48-49,51-52,54-55,57-58,60-61,63-64,66,77,80H,3-4,9-10,15-16,21-22,27-28,33-34,37,40,44,47,50,53,56,59,62,65,67-76H2,1-2H3/b7-5-,8-6-,13-11-,14-12-,19-17-,20-18-,25-23-,26-24-,31-29-,32-30-,36-35-,39-38-,42-41-,45-43-,48-46-,51-49-,54-52-,57-55-,60-58-,63-61-,66-64-. The van der Waals surface area contributed by atoms with E-state index in [1.807, 2.05) is 0 Å². The predicted molar refractivity (Wildman–Crippen MR) is 370 cm³/mol. The van der Waals surface area contributed by atoms with Gasteiger partial charge in [0.15, 0.2) is 6.10 Å².